The summed E-state index contributed by atoms with van der Waals surface area (Å²) in [7, 11) is 0. The highest BCUT2D eigenvalue weighted by atomic mass is 16.5. The van der Waals surface area contributed by atoms with Crippen molar-refractivity contribution in [2.24, 2.45) is 0 Å². The molecule has 0 saturated carbocycles. The molecule has 1 rings (SSSR count). The Balaban J connectivity index is 2.25. The van der Waals surface area contributed by atoms with E-state index in [0.29, 0.717) is 13.2 Å². The van der Waals surface area contributed by atoms with Gasteiger partial charge in [-0.15, -0.1) is 0 Å². The van der Waals surface area contributed by atoms with Crippen LogP contribution in [0, 0.1) is 0 Å². The van der Waals surface area contributed by atoms with Crippen LogP contribution in [0.15, 0.2) is 0 Å². The number of nitrogens with one attached hydrogen (secondary N) is 1. The van der Waals surface area contributed by atoms with Crippen LogP contribution >= 0.6 is 0 Å². The smallest absolute Gasteiger partial charge is 0.0926 e. The van der Waals surface area contributed by atoms with E-state index in [9.17, 15) is 5.11 Å². The molecule has 0 aliphatic carbocycles. The highest BCUT2D eigenvalue weighted by molar-refractivity contribution is 4.77. The first-order chi connectivity index (χ1) is 4.84. The molecular weight excluding hydrogens is 130 g/mol. The fourth-order valence-electron chi connectivity index (χ4n) is 1.23. The van der Waals surface area contributed by atoms with Gasteiger partial charge in [0.1, 0.15) is 0 Å². The molecule has 2 N–H and O–H groups in total. The third-order valence-electron chi connectivity index (χ3n) is 1.77. The Hall–Kier alpha value is -0.120. The van der Waals surface area contributed by atoms with Crippen molar-refractivity contribution < 1.29 is 9.84 Å². The Morgan fingerprint density at radius 3 is 3.10 bits per heavy atom. The summed E-state index contributed by atoms with van der Waals surface area (Å²) >= 11 is 0. The van der Waals surface area contributed by atoms with Gasteiger partial charge in [0.25, 0.3) is 0 Å². The molecule has 3 heteroatoms. The summed E-state index contributed by atoms with van der Waals surface area (Å²) < 4.78 is 5.31. The number of ether oxygens (including phenoxy) is 1. The van der Waals surface area contributed by atoms with E-state index < -0.39 is 0 Å². The lowest BCUT2D eigenvalue weighted by Crippen LogP contribution is -2.45. The second kappa shape index (κ2) is 3.91. The van der Waals surface area contributed by atoms with Crippen molar-refractivity contribution in [3.05, 3.63) is 0 Å². The van der Waals surface area contributed by atoms with Gasteiger partial charge in [0.05, 0.1) is 12.2 Å². The number of hydrogen-bond donors (Lipinski definition) is 2. The number of piperidine rings is 1. The van der Waals surface area contributed by atoms with Crippen LogP contribution in [0.4, 0.5) is 0 Å². The van der Waals surface area contributed by atoms with E-state index in [0.717, 1.165) is 13.0 Å². The minimum atomic E-state index is -0.311. The maximum atomic E-state index is 9.31. The van der Waals surface area contributed by atoms with Gasteiger partial charge in [-0.1, -0.05) is 0 Å². The van der Waals surface area contributed by atoms with E-state index in [2.05, 4.69) is 5.32 Å². The lowest BCUT2D eigenvalue weighted by molar-refractivity contribution is -0.0470. The maximum Gasteiger partial charge on any atom is 0.0926 e. The lowest BCUT2D eigenvalue weighted by atomic mass is 10.1. The molecule has 1 aliphatic rings. The van der Waals surface area contributed by atoms with Gasteiger partial charge in [0.2, 0.25) is 0 Å². The molecule has 0 aromatic carbocycles. The quantitative estimate of drug-likeness (QED) is 0.563. The third-order valence-corrected chi connectivity index (χ3v) is 1.77. The van der Waals surface area contributed by atoms with Gasteiger partial charge >= 0.3 is 0 Å². The summed E-state index contributed by atoms with van der Waals surface area (Å²) in [5, 5.41) is 12.4. The van der Waals surface area contributed by atoms with Crippen molar-refractivity contribution in [3.63, 3.8) is 0 Å². The summed E-state index contributed by atoms with van der Waals surface area (Å²) in [5.41, 5.74) is 0. The molecule has 10 heavy (non-hydrogen) atoms. The van der Waals surface area contributed by atoms with Gasteiger partial charge < -0.3 is 15.2 Å². The summed E-state index contributed by atoms with van der Waals surface area (Å²) in [4.78, 5) is 0. The van der Waals surface area contributed by atoms with Crippen LogP contribution in [0.2, 0.25) is 0 Å². The summed E-state index contributed by atoms with van der Waals surface area (Å²) in [5.74, 6) is 0. The van der Waals surface area contributed by atoms with Crippen molar-refractivity contribution in [2.75, 3.05) is 19.7 Å². The molecule has 60 valence electrons. The lowest BCUT2D eigenvalue weighted by Gasteiger charge is -2.27. The highest BCUT2D eigenvalue weighted by Gasteiger charge is 2.22. The SMILES string of the molecule is CCOC1CCNCC1O. The highest BCUT2D eigenvalue weighted by Crippen LogP contribution is 2.07. The topological polar surface area (TPSA) is 41.5 Å². The van der Waals surface area contributed by atoms with Crippen molar-refractivity contribution >= 4 is 0 Å². The van der Waals surface area contributed by atoms with E-state index >= 15 is 0 Å². The average molecular weight is 145 g/mol. The number of β-amino-alcohol motifs (C(OH)–C–C–N with tert-alkyl or cyclic N) is 1. The third kappa shape index (κ3) is 1.94. The zero-order chi connectivity index (χ0) is 7.40. The predicted octanol–water partition coefficient (Wildman–Crippen LogP) is -0.254. The van der Waals surface area contributed by atoms with Gasteiger partial charge in [0, 0.05) is 13.2 Å². The van der Waals surface area contributed by atoms with Crippen molar-refractivity contribution in [1.29, 1.82) is 0 Å². The molecule has 1 saturated heterocycles. The van der Waals surface area contributed by atoms with Crippen molar-refractivity contribution in [3.8, 4) is 0 Å². The normalized spacial score (nSPS) is 34.2. The molecule has 2 unspecified atom stereocenters. The molecule has 0 aromatic heterocycles. The first-order valence-electron chi connectivity index (χ1n) is 3.85. The van der Waals surface area contributed by atoms with Gasteiger partial charge in [-0.05, 0) is 19.9 Å². The van der Waals surface area contributed by atoms with Crippen molar-refractivity contribution in [1.82, 2.24) is 5.32 Å². The fourth-order valence-corrected chi connectivity index (χ4v) is 1.23. The first kappa shape index (κ1) is 7.98. The standard InChI is InChI=1S/C7H15NO2/c1-2-10-7-3-4-8-5-6(7)9/h6-9H,2-5H2,1H3. The molecule has 2 atom stereocenters. The number of aliphatic hydroxyl groups excluding tert-OH is 1. The van der Waals surface area contributed by atoms with Crippen LogP contribution < -0.4 is 5.32 Å². The van der Waals surface area contributed by atoms with E-state index in [4.69, 9.17) is 4.74 Å². The van der Waals surface area contributed by atoms with Gasteiger partial charge in [-0.3, -0.25) is 0 Å². The van der Waals surface area contributed by atoms with E-state index in [1.807, 2.05) is 6.92 Å². The minimum Gasteiger partial charge on any atom is -0.389 e. The fraction of sp³-hybridized carbons (Fsp3) is 1.00. The molecule has 3 nitrogen and oxygen atoms in total. The van der Waals surface area contributed by atoms with Crippen LogP contribution in [0.25, 0.3) is 0 Å². The molecular formula is C7H15NO2. The van der Waals surface area contributed by atoms with E-state index in [1.165, 1.54) is 0 Å². The molecule has 0 spiro atoms. The zero-order valence-corrected chi connectivity index (χ0v) is 6.34. The maximum absolute atomic E-state index is 9.31. The number of hydrogen-bond acceptors (Lipinski definition) is 3. The Labute approximate surface area is 61.4 Å². The Morgan fingerprint density at radius 1 is 1.70 bits per heavy atom. The van der Waals surface area contributed by atoms with Crippen LogP contribution in [0.3, 0.4) is 0 Å². The summed E-state index contributed by atoms with van der Waals surface area (Å²) in [6.45, 7) is 4.28. The zero-order valence-electron chi connectivity index (χ0n) is 6.34. The van der Waals surface area contributed by atoms with Crippen LogP contribution in [-0.4, -0.2) is 37.0 Å². The van der Waals surface area contributed by atoms with E-state index in [1.54, 1.807) is 0 Å². The van der Waals surface area contributed by atoms with Gasteiger partial charge in [-0.2, -0.15) is 0 Å². The second-order valence-corrected chi connectivity index (χ2v) is 2.55. The van der Waals surface area contributed by atoms with Crippen molar-refractivity contribution in [2.45, 2.75) is 25.6 Å². The predicted molar refractivity (Wildman–Crippen MR) is 38.9 cm³/mol. The monoisotopic (exact) mass is 145 g/mol. The second-order valence-electron chi connectivity index (χ2n) is 2.55. The Morgan fingerprint density at radius 2 is 2.50 bits per heavy atom. The average Bonchev–Trinajstić information content (AvgIpc) is 1.94. The Kier molecular flexibility index (Phi) is 3.12. The van der Waals surface area contributed by atoms with Gasteiger partial charge in [-0.25, -0.2) is 0 Å². The molecule has 1 heterocycles. The summed E-state index contributed by atoms with van der Waals surface area (Å²) in [6.07, 6.45) is 0.676. The van der Waals surface area contributed by atoms with Gasteiger partial charge in [0.15, 0.2) is 0 Å². The van der Waals surface area contributed by atoms with Crippen LogP contribution in [0.1, 0.15) is 13.3 Å². The van der Waals surface area contributed by atoms with Crippen LogP contribution in [0.5, 0.6) is 0 Å². The number of aliphatic hydroxyl groups is 1. The Bertz CT molecular complexity index is 95.6. The molecule has 0 amide bonds. The summed E-state index contributed by atoms with van der Waals surface area (Å²) in [6, 6.07) is 0. The first-order valence-corrected chi connectivity index (χ1v) is 3.85. The molecule has 0 radical (unpaired) electrons. The van der Waals surface area contributed by atoms with E-state index in [-0.39, 0.29) is 12.2 Å². The minimum absolute atomic E-state index is 0.0613. The molecule has 1 fully saturated rings. The van der Waals surface area contributed by atoms with Crippen LogP contribution in [-0.2, 0) is 4.74 Å². The molecule has 1 aliphatic heterocycles. The number of rotatable bonds is 2. The molecule has 0 bridgehead atoms. The largest absolute Gasteiger partial charge is 0.389 e. The molecule has 0 aromatic rings.